The first-order valence-corrected chi connectivity index (χ1v) is 7.26. The van der Waals surface area contributed by atoms with Crippen LogP contribution in [-0.2, 0) is 6.54 Å². The molecule has 0 unspecified atom stereocenters. The summed E-state index contributed by atoms with van der Waals surface area (Å²) < 4.78 is 0. The Morgan fingerprint density at radius 1 is 1.23 bits per heavy atom. The number of hydrogen-bond acceptors (Lipinski definition) is 5. The molecule has 0 saturated carbocycles. The first kappa shape index (κ1) is 14.3. The van der Waals surface area contributed by atoms with E-state index in [2.05, 4.69) is 25.8 Å². The molecule has 0 bridgehead atoms. The fourth-order valence-corrected chi connectivity index (χ4v) is 2.66. The molecule has 1 N–H and O–H groups in total. The molecule has 6 nitrogen and oxygen atoms in total. The average Bonchev–Trinajstić information content (AvgIpc) is 2.56. The Morgan fingerprint density at radius 3 is 2.77 bits per heavy atom. The van der Waals surface area contributed by atoms with Gasteiger partial charge in [0.15, 0.2) is 0 Å². The molecule has 1 aromatic carbocycles. The quantitative estimate of drug-likeness (QED) is 0.913. The zero-order valence-corrected chi connectivity index (χ0v) is 12.2. The van der Waals surface area contributed by atoms with Crippen molar-refractivity contribution in [3.8, 4) is 6.07 Å². The molecule has 0 aliphatic carbocycles. The number of anilines is 1. The van der Waals surface area contributed by atoms with Gasteiger partial charge >= 0.3 is 0 Å². The van der Waals surface area contributed by atoms with Gasteiger partial charge in [-0.1, -0.05) is 12.1 Å². The Labute approximate surface area is 128 Å². The molecule has 22 heavy (non-hydrogen) atoms. The Morgan fingerprint density at radius 2 is 2.05 bits per heavy atom. The highest BCUT2D eigenvalue weighted by Gasteiger charge is 2.18. The van der Waals surface area contributed by atoms with Crippen molar-refractivity contribution >= 4 is 5.82 Å². The molecule has 3 rings (SSSR count). The van der Waals surface area contributed by atoms with Crippen LogP contribution in [0.2, 0.25) is 0 Å². The molecule has 6 heteroatoms. The van der Waals surface area contributed by atoms with Gasteiger partial charge in [-0.3, -0.25) is 9.69 Å². The molecule has 0 radical (unpaired) electrons. The number of aromatic amines is 1. The van der Waals surface area contributed by atoms with E-state index < -0.39 is 0 Å². The van der Waals surface area contributed by atoms with Crippen molar-refractivity contribution in [2.75, 3.05) is 31.1 Å². The number of H-pyrrole nitrogens is 1. The lowest BCUT2D eigenvalue weighted by Gasteiger charge is -2.35. The van der Waals surface area contributed by atoms with Crippen molar-refractivity contribution in [2.24, 2.45) is 0 Å². The lowest BCUT2D eigenvalue weighted by atomic mass is 10.1. The highest BCUT2D eigenvalue weighted by molar-refractivity contribution is 5.37. The molecule has 2 aromatic rings. The first-order chi connectivity index (χ1) is 10.7. The summed E-state index contributed by atoms with van der Waals surface area (Å²) in [5.74, 6) is 0.731. The third kappa shape index (κ3) is 3.32. The highest BCUT2D eigenvalue weighted by atomic mass is 16.1. The second kappa shape index (κ2) is 6.41. The topological polar surface area (TPSA) is 76.0 Å². The zero-order chi connectivity index (χ0) is 15.4. The summed E-state index contributed by atoms with van der Waals surface area (Å²) in [5, 5.41) is 8.95. The van der Waals surface area contributed by atoms with Crippen molar-refractivity contribution in [2.45, 2.75) is 6.54 Å². The third-order valence-corrected chi connectivity index (χ3v) is 3.82. The highest BCUT2D eigenvalue weighted by Crippen LogP contribution is 2.13. The summed E-state index contributed by atoms with van der Waals surface area (Å²) in [7, 11) is 0. The van der Waals surface area contributed by atoms with Crippen molar-refractivity contribution in [1.82, 2.24) is 14.9 Å². The van der Waals surface area contributed by atoms with Crippen LogP contribution in [0.3, 0.4) is 0 Å². The maximum absolute atomic E-state index is 11.3. The maximum Gasteiger partial charge on any atom is 0.252 e. The van der Waals surface area contributed by atoms with E-state index in [4.69, 9.17) is 5.26 Å². The molecule has 1 fully saturated rings. The fraction of sp³-hybridized carbons (Fsp3) is 0.312. The average molecular weight is 295 g/mol. The Balaban J connectivity index is 1.60. The molecule has 112 valence electrons. The lowest BCUT2D eigenvalue weighted by Crippen LogP contribution is -2.46. The predicted octanol–water partition coefficient (Wildman–Crippen LogP) is 0.964. The number of piperazine rings is 1. The van der Waals surface area contributed by atoms with E-state index in [1.807, 2.05) is 24.3 Å². The lowest BCUT2D eigenvalue weighted by molar-refractivity contribution is 0.249. The molecular weight excluding hydrogens is 278 g/mol. The van der Waals surface area contributed by atoms with Gasteiger partial charge in [-0.25, -0.2) is 4.98 Å². The number of benzene rings is 1. The Bertz CT molecular complexity index is 740. The van der Waals surface area contributed by atoms with Crippen molar-refractivity contribution in [3.63, 3.8) is 0 Å². The number of nitriles is 1. The number of aromatic nitrogens is 2. The molecule has 0 atom stereocenters. The standard InChI is InChI=1S/C16H17N5O/c17-10-13-2-1-3-14(8-13)11-20-4-6-21(7-5-20)15-9-16(22)19-12-18-15/h1-3,8-9,12H,4-7,11H2,(H,18,19,22). The molecule has 0 amide bonds. The molecule has 1 saturated heterocycles. The van der Waals surface area contributed by atoms with Gasteiger partial charge in [0.05, 0.1) is 18.0 Å². The Hall–Kier alpha value is -2.65. The molecule has 0 spiro atoms. The van der Waals surface area contributed by atoms with E-state index in [0.29, 0.717) is 5.56 Å². The van der Waals surface area contributed by atoms with Gasteiger partial charge in [-0.05, 0) is 17.7 Å². The summed E-state index contributed by atoms with van der Waals surface area (Å²) in [6.07, 6.45) is 1.44. The number of hydrogen-bond donors (Lipinski definition) is 1. The molecule has 2 heterocycles. The SMILES string of the molecule is N#Cc1cccc(CN2CCN(c3cc(=O)[nH]cn3)CC2)c1. The van der Waals surface area contributed by atoms with E-state index >= 15 is 0 Å². The van der Waals surface area contributed by atoms with Crippen molar-refractivity contribution in [1.29, 1.82) is 5.26 Å². The molecule has 1 aromatic heterocycles. The van der Waals surface area contributed by atoms with Gasteiger partial charge in [0.2, 0.25) is 0 Å². The summed E-state index contributed by atoms with van der Waals surface area (Å²) >= 11 is 0. The number of nitrogens with zero attached hydrogens (tertiary/aromatic N) is 4. The predicted molar refractivity (Wildman–Crippen MR) is 83.5 cm³/mol. The summed E-state index contributed by atoms with van der Waals surface area (Å²) in [5.41, 5.74) is 1.73. The number of rotatable bonds is 3. The van der Waals surface area contributed by atoms with Crippen LogP contribution in [0.5, 0.6) is 0 Å². The minimum atomic E-state index is -0.124. The van der Waals surface area contributed by atoms with Gasteiger partial charge < -0.3 is 9.88 Å². The van der Waals surface area contributed by atoms with E-state index in [1.54, 1.807) is 0 Å². The van der Waals surface area contributed by atoms with E-state index in [1.165, 1.54) is 12.4 Å². The van der Waals surface area contributed by atoms with E-state index in [0.717, 1.165) is 44.1 Å². The molecule has 1 aliphatic heterocycles. The van der Waals surface area contributed by atoms with Gasteiger partial charge in [0.1, 0.15) is 5.82 Å². The monoisotopic (exact) mass is 295 g/mol. The minimum absolute atomic E-state index is 0.124. The number of nitrogens with one attached hydrogen (secondary N) is 1. The third-order valence-electron chi connectivity index (χ3n) is 3.82. The van der Waals surface area contributed by atoms with Crippen molar-refractivity contribution < 1.29 is 0 Å². The van der Waals surface area contributed by atoms with Crippen LogP contribution < -0.4 is 10.5 Å². The normalized spacial score (nSPS) is 15.5. The fourth-order valence-electron chi connectivity index (χ4n) is 2.66. The van der Waals surface area contributed by atoms with Gasteiger partial charge in [0.25, 0.3) is 5.56 Å². The smallest absolute Gasteiger partial charge is 0.252 e. The van der Waals surface area contributed by atoms with Crippen LogP contribution in [0.1, 0.15) is 11.1 Å². The molecular formula is C16H17N5O. The summed E-state index contributed by atoms with van der Waals surface area (Å²) in [6, 6.07) is 11.4. The van der Waals surface area contributed by atoms with Crippen LogP contribution >= 0.6 is 0 Å². The van der Waals surface area contributed by atoms with Gasteiger partial charge in [0, 0.05) is 38.8 Å². The van der Waals surface area contributed by atoms with Crippen LogP contribution in [0.4, 0.5) is 5.82 Å². The van der Waals surface area contributed by atoms with E-state index in [-0.39, 0.29) is 5.56 Å². The zero-order valence-electron chi connectivity index (χ0n) is 12.2. The Kier molecular flexibility index (Phi) is 4.17. The second-order valence-corrected chi connectivity index (χ2v) is 5.34. The second-order valence-electron chi connectivity index (χ2n) is 5.34. The molecule has 1 aliphatic rings. The summed E-state index contributed by atoms with van der Waals surface area (Å²) in [4.78, 5) is 22.6. The van der Waals surface area contributed by atoms with Gasteiger partial charge in [-0.15, -0.1) is 0 Å². The van der Waals surface area contributed by atoms with Crippen LogP contribution in [-0.4, -0.2) is 41.0 Å². The first-order valence-electron chi connectivity index (χ1n) is 7.26. The van der Waals surface area contributed by atoms with Crippen LogP contribution in [0, 0.1) is 11.3 Å². The maximum atomic E-state index is 11.3. The van der Waals surface area contributed by atoms with Crippen molar-refractivity contribution in [3.05, 3.63) is 58.1 Å². The minimum Gasteiger partial charge on any atom is -0.354 e. The van der Waals surface area contributed by atoms with Gasteiger partial charge in [-0.2, -0.15) is 5.26 Å². The largest absolute Gasteiger partial charge is 0.354 e. The van der Waals surface area contributed by atoms with Crippen LogP contribution in [0.15, 0.2) is 41.5 Å². The van der Waals surface area contributed by atoms with E-state index in [9.17, 15) is 4.79 Å². The summed E-state index contributed by atoms with van der Waals surface area (Å²) in [6.45, 7) is 4.34. The van der Waals surface area contributed by atoms with Crippen LogP contribution in [0.25, 0.3) is 0 Å².